The van der Waals surface area contributed by atoms with E-state index in [0.717, 1.165) is 55.0 Å². The zero-order valence-corrected chi connectivity index (χ0v) is 24.9. The molecule has 1 aliphatic heterocycles. The SMILES string of the molecule is O=C1C(c2ccc3oc4ccccc4c3c2)=Cc2cccc3cccc(c23)I=C1C1C=CC2=C(C1)c1ccccc1C2. The van der Waals surface area contributed by atoms with Crippen LogP contribution in [0, 0.1) is 9.49 Å². The van der Waals surface area contributed by atoms with Gasteiger partial charge in [0.15, 0.2) is 5.78 Å². The monoisotopic (exact) mass is 652 g/mol. The van der Waals surface area contributed by atoms with E-state index in [2.05, 4.69) is 97.1 Å². The molecule has 1 atom stereocenters. The normalized spacial score (nSPS) is 17.9. The fourth-order valence-electron chi connectivity index (χ4n) is 6.92. The van der Waals surface area contributed by atoms with Gasteiger partial charge >= 0.3 is 0 Å². The van der Waals surface area contributed by atoms with Gasteiger partial charge in [0, 0.05) is 34.7 Å². The topological polar surface area (TPSA) is 30.2 Å². The molecular formula is C39H25IO2. The molecule has 2 heterocycles. The van der Waals surface area contributed by atoms with E-state index in [0.29, 0.717) is 0 Å². The van der Waals surface area contributed by atoms with E-state index in [9.17, 15) is 4.79 Å². The average molecular weight is 653 g/mol. The maximum Gasteiger partial charge on any atom is 0.195 e. The van der Waals surface area contributed by atoms with E-state index >= 15 is 0 Å². The molecule has 0 spiro atoms. The van der Waals surface area contributed by atoms with E-state index in [1.807, 2.05) is 24.3 Å². The molecule has 0 saturated carbocycles. The van der Waals surface area contributed by atoms with Gasteiger partial charge in [-0.15, -0.1) is 0 Å². The highest BCUT2D eigenvalue weighted by molar-refractivity contribution is 14.2. The molecule has 1 aromatic heterocycles. The first-order valence-electron chi connectivity index (χ1n) is 14.4. The number of hydrogen-bond acceptors (Lipinski definition) is 2. The molecule has 0 fully saturated rings. The van der Waals surface area contributed by atoms with E-state index in [4.69, 9.17) is 4.42 Å². The van der Waals surface area contributed by atoms with Crippen molar-refractivity contribution in [3.63, 3.8) is 0 Å². The summed E-state index contributed by atoms with van der Waals surface area (Å²) in [5.74, 6) is 0.282. The van der Waals surface area contributed by atoms with Crippen LogP contribution >= 0.6 is 20.7 Å². The minimum absolute atomic E-state index is 0.0950. The van der Waals surface area contributed by atoms with Crippen LogP contribution in [0.2, 0.25) is 0 Å². The minimum Gasteiger partial charge on any atom is -0.456 e. The molecule has 3 aliphatic rings. The Balaban J connectivity index is 1.24. The number of rotatable bonds is 2. The molecule has 0 bridgehead atoms. The summed E-state index contributed by atoms with van der Waals surface area (Å²) in [5, 5.41) is 4.64. The molecule has 0 saturated heterocycles. The summed E-state index contributed by atoms with van der Waals surface area (Å²) < 4.78 is 8.53. The summed E-state index contributed by atoms with van der Waals surface area (Å²) in [6.45, 7) is 0. The molecule has 2 nitrogen and oxygen atoms in total. The predicted molar refractivity (Wildman–Crippen MR) is 183 cm³/mol. The van der Waals surface area contributed by atoms with Crippen LogP contribution in [0.5, 0.6) is 0 Å². The number of furan rings is 1. The second-order valence-corrected chi connectivity index (χ2v) is 14.2. The highest BCUT2D eigenvalue weighted by Crippen LogP contribution is 2.44. The molecule has 0 radical (unpaired) electrons. The Hall–Kier alpha value is -4.35. The van der Waals surface area contributed by atoms with Gasteiger partial charge in [-0.05, 0) is 82.0 Å². The number of allylic oxidation sites excluding steroid dienone is 5. The number of Topliss-reactive ketones (excluding diaryl/α,β-unsaturated/α-hetero) is 1. The van der Waals surface area contributed by atoms with Crippen LogP contribution in [-0.4, -0.2) is 9.29 Å². The van der Waals surface area contributed by atoms with Crippen molar-refractivity contribution in [2.75, 3.05) is 0 Å². The molecule has 9 rings (SSSR count). The first kappa shape index (κ1) is 24.3. The van der Waals surface area contributed by atoms with Crippen LogP contribution < -0.4 is 0 Å². The van der Waals surface area contributed by atoms with Gasteiger partial charge in [-0.25, -0.2) is 0 Å². The van der Waals surface area contributed by atoms with E-state index in [1.54, 1.807) is 0 Å². The van der Waals surface area contributed by atoms with Crippen LogP contribution in [0.15, 0.2) is 125 Å². The standard InChI is InChI=1S/C39H25IO2/c41-39-32(26-17-18-36-33(20-26)30-12-3-4-14-35(30)42-36)21-27-10-5-8-23-9-6-13-34(37(23)27)40-38(39)28-16-15-25-19-24-7-1-2-11-29(24)31(25)22-28/h1-18,20-21,28H,19,22H2. The van der Waals surface area contributed by atoms with Crippen molar-refractivity contribution in [2.24, 2.45) is 5.92 Å². The lowest BCUT2D eigenvalue weighted by Crippen LogP contribution is -2.24. The van der Waals surface area contributed by atoms with Gasteiger partial charge in [-0.1, -0.05) is 112 Å². The van der Waals surface area contributed by atoms with E-state index in [-0.39, 0.29) is 11.7 Å². The van der Waals surface area contributed by atoms with Crippen molar-refractivity contribution in [1.29, 1.82) is 0 Å². The van der Waals surface area contributed by atoms with Gasteiger partial charge in [0.25, 0.3) is 0 Å². The summed E-state index contributed by atoms with van der Waals surface area (Å²) in [7, 11) is 0. The third kappa shape index (κ3) is 3.69. The zero-order chi connectivity index (χ0) is 27.8. The first-order valence-corrected chi connectivity index (χ1v) is 16.6. The molecule has 0 N–H and O–H groups in total. The molecule has 5 aromatic carbocycles. The van der Waals surface area contributed by atoms with Gasteiger partial charge in [-0.2, -0.15) is 0 Å². The Morgan fingerprint density at radius 1 is 0.786 bits per heavy atom. The molecule has 6 aromatic rings. The lowest BCUT2D eigenvalue weighted by molar-refractivity contribution is -0.108. The predicted octanol–water partition coefficient (Wildman–Crippen LogP) is 9.76. The maximum atomic E-state index is 14.9. The number of carbonyl (C=O) groups excluding carboxylic acids is 1. The number of carbonyl (C=O) groups is 1. The number of hydrogen-bond donors (Lipinski definition) is 0. The third-order valence-electron chi connectivity index (χ3n) is 8.93. The maximum absolute atomic E-state index is 14.9. The Bertz CT molecular complexity index is 2270. The van der Waals surface area contributed by atoms with Gasteiger partial charge in [-0.3, -0.25) is 4.79 Å². The lowest BCUT2D eigenvalue weighted by atomic mass is 9.84. The van der Waals surface area contributed by atoms with Crippen LogP contribution in [0.25, 0.3) is 49.9 Å². The Morgan fingerprint density at radius 3 is 2.57 bits per heavy atom. The number of benzene rings is 5. The molecule has 1 unspecified atom stereocenters. The largest absolute Gasteiger partial charge is 0.456 e. The third-order valence-corrected chi connectivity index (χ3v) is 12.3. The Morgan fingerprint density at radius 2 is 1.62 bits per heavy atom. The molecular weight excluding hydrogens is 627 g/mol. The van der Waals surface area contributed by atoms with E-state index < -0.39 is 20.7 Å². The average Bonchev–Trinajstić information content (AvgIpc) is 3.59. The van der Waals surface area contributed by atoms with Gasteiger partial charge in [0.05, 0.1) is 0 Å². The highest BCUT2D eigenvalue weighted by Gasteiger charge is 2.32. The van der Waals surface area contributed by atoms with Crippen LogP contribution in [0.4, 0.5) is 0 Å². The van der Waals surface area contributed by atoms with Crippen LogP contribution in [0.3, 0.4) is 0 Å². The van der Waals surface area contributed by atoms with E-state index in [1.165, 1.54) is 36.6 Å². The summed E-state index contributed by atoms with van der Waals surface area (Å²) in [4.78, 5) is 14.9. The summed E-state index contributed by atoms with van der Waals surface area (Å²) >= 11 is -0.699. The fraction of sp³-hybridized carbons (Fsp3) is 0.0769. The Labute approximate surface area is 253 Å². The lowest BCUT2D eigenvalue weighted by Gasteiger charge is -2.24. The first-order chi connectivity index (χ1) is 20.7. The van der Waals surface area contributed by atoms with Crippen molar-refractivity contribution in [3.8, 4) is 0 Å². The molecule has 200 valence electrons. The molecule has 0 amide bonds. The second kappa shape index (κ2) is 9.33. The van der Waals surface area contributed by atoms with Crippen molar-refractivity contribution in [2.45, 2.75) is 12.8 Å². The highest BCUT2D eigenvalue weighted by atomic mass is 127. The minimum atomic E-state index is -0.699. The van der Waals surface area contributed by atoms with Crippen molar-refractivity contribution < 1.29 is 9.21 Å². The fourth-order valence-corrected chi connectivity index (χ4v) is 10.2. The number of halogens is 1. The molecule has 42 heavy (non-hydrogen) atoms. The Kier molecular flexibility index (Phi) is 5.39. The number of para-hydroxylation sites is 1. The number of fused-ring (bicyclic) bond motifs is 5. The molecule has 3 heteroatoms. The summed E-state index contributed by atoms with van der Waals surface area (Å²) in [6, 6.07) is 36.2. The molecule has 2 aliphatic carbocycles. The zero-order valence-electron chi connectivity index (χ0n) is 22.7. The van der Waals surface area contributed by atoms with Crippen molar-refractivity contribution in [3.05, 3.63) is 147 Å². The van der Waals surface area contributed by atoms with Crippen molar-refractivity contribution >= 4 is 80.0 Å². The van der Waals surface area contributed by atoms with Crippen LogP contribution in [-0.2, 0) is 11.2 Å². The van der Waals surface area contributed by atoms with Crippen LogP contribution in [0.1, 0.15) is 28.7 Å². The quantitative estimate of drug-likeness (QED) is 0.175. The second-order valence-electron chi connectivity index (χ2n) is 11.3. The van der Waals surface area contributed by atoms with Crippen molar-refractivity contribution in [1.82, 2.24) is 0 Å². The van der Waals surface area contributed by atoms with Gasteiger partial charge in [0.1, 0.15) is 11.2 Å². The summed E-state index contributed by atoms with van der Waals surface area (Å²) in [5.41, 5.74) is 10.1. The van der Waals surface area contributed by atoms with Gasteiger partial charge in [0.2, 0.25) is 0 Å². The smallest absolute Gasteiger partial charge is 0.195 e. The number of ketones is 1. The summed E-state index contributed by atoms with van der Waals surface area (Å²) in [6.07, 6.45) is 8.63. The van der Waals surface area contributed by atoms with Gasteiger partial charge < -0.3 is 4.42 Å².